The molecule has 2 heterocycles. The van der Waals surface area contributed by atoms with Crippen molar-refractivity contribution >= 4 is 12.6 Å². The summed E-state index contributed by atoms with van der Waals surface area (Å²) < 4.78 is 2.28. The van der Waals surface area contributed by atoms with Gasteiger partial charge in [-0.3, -0.25) is 4.90 Å². The largest absolute Gasteiger partial charge is 0.378 e. The van der Waals surface area contributed by atoms with Crippen molar-refractivity contribution in [1.82, 2.24) is 19.7 Å². The minimum atomic E-state index is -0.552. The standard InChI is InChI=1S/C24H39N5O.CH4S/c1-15(2)24-27-26-19(6)28(24)17(4)13-21-12-16(3)18(5)29(21)23(30)14-22(25)20-10-8-7-9-11-20;1-2/h7-11,15-18,21-23,30H,12-14,25H2,1-6H3;2H,1H3. The van der Waals surface area contributed by atoms with Crippen molar-refractivity contribution in [3.05, 3.63) is 47.5 Å². The average molecular weight is 462 g/mol. The van der Waals surface area contributed by atoms with Crippen molar-refractivity contribution in [2.45, 2.75) is 97.1 Å². The van der Waals surface area contributed by atoms with E-state index in [0.29, 0.717) is 30.3 Å². The van der Waals surface area contributed by atoms with Gasteiger partial charge in [-0.2, -0.15) is 12.6 Å². The normalized spacial score (nSPS) is 24.2. The molecule has 1 aliphatic heterocycles. The monoisotopic (exact) mass is 461 g/mol. The Kier molecular flexibility index (Phi) is 10.2. The van der Waals surface area contributed by atoms with Gasteiger partial charge in [0.25, 0.3) is 0 Å². The fraction of sp³-hybridized carbons (Fsp3) is 0.680. The van der Waals surface area contributed by atoms with Crippen LogP contribution in [0.4, 0.5) is 0 Å². The summed E-state index contributed by atoms with van der Waals surface area (Å²) in [6, 6.07) is 10.8. The maximum absolute atomic E-state index is 11.2. The zero-order chi connectivity index (χ0) is 24.0. The third-order valence-corrected chi connectivity index (χ3v) is 6.86. The molecule has 1 aromatic heterocycles. The first kappa shape index (κ1) is 26.8. The van der Waals surface area contributed by atoms with Crippen molar-refractivity contribution in [2.75, 3.05) is 6.26 Å². The quantitative estimate of drug-likeness (QED) is 0.496. The summed E-state index contributed by atoms with van der Waals surface area (Å²) in [5.41, 5.74) is 7.51. The number of aliphatic hydroxyl groups is 1. The van der Waals surface area contributed by atoms with Crippen LogP contribution in [0.15, 0.2) is 30.3 Å². The predicted octanol–water partition coefficient (Wildman–Crippen LogP) is 4.71. The van der Waals surface area contributed by atoms with Gasteiger partial charge in [0.1, 0.15) is 17.9 Å². The molecule has 0 spiro atoms. The molecule has 6 nitrogen and oxygen atoms in total. The lowest BCUT2D eigenvalue weighted by molar-refractivity contribution is -0.0418. The van der Waals surface area contributed by atoms with Crippen LogP contribution in [-0.4, -0.2) is 49.3 Å². The van der Waals surface area contributed by atoms with E-state index in [9.17, 15) is 5.11 Å². The molecule has 1 saturated heterocycles. The molecule has 1 aliphatic rings. The Morgan fingerprint density at radius 2 is 1.75 bits per heavy atom. The minimum Gasteiger partial charge on any atom is -0.378 e. The number of rotatable bonds is 8. The zero-order valence-electron chi connectivity index (χ0n) is 20.8. The molecule has 2 aromatic rings. The lowest BCUT2D eigenvalue weighted by Crippen LogP contribution is -2.45. The smallest absolute Gasteiger partial charge is 0.135 e. The number of nitrogens with two attached hydrogens (primary N) is 1. The van der Waals surface area contributed by atoms with Crippen molar-refractivity contribution < 1.29 is 5.11 Å². The fourth-order valence-electron chi connectivity index (χ4n) is 5.12. The maximum atomic E-state index is 11.2. The second-order valence-electron chi connectivity index (χ2n) is 9.50. The van der Waals surface area contributed by atoms with Gasteiger partial charge in [-0.25, -0.2) is 0 Å². The van der Waals surface area contributed by atoms with Gasteiger partial charge >= 0.3 is 0 Å². The SMILES string of the molecule is CS.Cc1nnc(C(C)C)n1C(C)CC1CC(C)C(C)N1C(O)CC(N)c1ccccc1. The van der Waals surface area contributed by atoms with Crippen LogP contribution < -0.4 is 5.73 Å². The molecular weight excluding hydrogens is 418 g/mol. The fourth-order valence-corrected chi connectivity index (χ4v) is 5.12. The van der Waals surface area contributed by atoms with E-state index < -0.39 is 6.23 Å². The molecule has 0 saturated carbocycles. The van der Waals surface area contributed by atoms with Crippen molar-refractivity contribution in [3.63, 3.8) is 0 Å². The number of benzene rings is 1. The topological polar surface area (TPSA) is 80.2 Å². The van der Waals surface area contributed by atoms with E-state index in [-0.39, 0.29) is 12.1 Å². The van der Waals surface area contributed by atoms with Crippen molar-refractivity contribution in [1.29, 1.82) is 0 Å². The minimum absolute atomic E-state index is 0.171. The highest BCUT2D eigenvalue weighted by molar-refractivity contribution is 7.79. The van der Waals surface area contributed by atoms with E-state index in [2.05, 4.69) is 66.9 Å². The van der Waals surface area contributed by atoms with Crippen LogP contribution in [0.1, 0.15) is 89.1 Å². The van der Waals surface area contributed by atoms with Gasteiger partial charge in [-0.15, -0.1) is 10.2 Å². The van der Waals surface area contributed by atoms with E-state index in [4.69, 9.17) is 5.73 Å². The molecule has 32 heavy (non-hydrogen) atoms. The van der Waals surface area contributed by atoms with Crippen LogP contribution >= 0.6 is 12.6 Å². The summed E-state index contributed by atoms with van der Waals surface area (Å²) in [6.07, 6.45) is 3.73. The number of nitrogens with zero attached hydrogens (tertiary/aromatic N) is 4. The van der Waals surface area contributed by atoms with E-state index in [1.54, 1.807) is 6.26 Å². The molecule has 7 heteroatoms. The van der Waals surface area contributed by atoms with Gasteiger partial charge in [0, 0.05) is 36.5 Å². The van der Waals surface area contributed by atoms with Gasteiger partial charge < -0.3 is 15.4 Å². The van der Waals surface area contributed by atoms with E-state index in [0.717, 1.165) is 30.1 Å². The Hall–Kier alpha value is -1.41. The lowest BCUT2D eigenvalue weighted by atomic mass is 9.99. The Balaban J connectivity index is 0.00000176. The predicted molar refractivity (Wildman–Crippen MR) is 136 cm³/mol. The second-order valence-corrected chi connectivity index (χ2v) is 9.50. The highest BCUT2D eigenvalue weighted by Gasteiger charge is 2.41. The molecular formula is C25H43N5OS. The second kappa shape index (κ2) is 12.2. The van der Waals surface area contributed by atoms with Crippen LogP contribution in [0.3, 0.4) is 0 Å². The summed E-state index contributed by atoms with van der Waals surface area (Å²) in [4.78, 5) is 2.30. The molecule has 0 radical (unpaired) electrons. The number of hydrogen-bond acceptors (Lipinski definition) is 6. The molecule has 3 rings (SSSR count). The zero-order valence-corrected chi connectivity index (χ0v) is 21.7. The first-order valence-electron chi connectivity index (χ1n) is 11.8. The van der Waals surface area contributed by atoms with Crippen LogP contribution in [0.25, 0.3) is 0 Å². The number of aromatic nitrogens is 3. The highest BCUT2D eigenvalue weighted by Crippen LogP contribution is 2.37. The number of aryl methyl sites for hydroxylation is 1. The van der Waals surface area contributed by atoms with Gasteiger partial charge in [-0.1, -0.05) is 51.1 Å². The van der Waals surface area contributed by atoms with Crippen LogP contribution in [-0.2, 0) is 0 Å². The van der Waals surface area contributed by atoms with Gasteiger partial charge in [0.05, 0.1) is 0 Å². The molecule has 0 aliphatic carbocycles. The third kappa shape index (κ3) is 6.13. The molecule has 1 fully saturated rings. The summed E-state index contributed by atoms with van der Waals surface area (Å²) in [6.45, 7) is 13.1. The number of hydrogen-bond donors (Lipinski definition) is 3. The maximum Gasteiger partial charge on any atom is 0.135 e. The lowest BCUT2D eigenvalue weighted by Gasteiger charge is -2.36. The van der Waals surface area contributed by atoms with Crippen LogP contribution in [0.5, 0.6) is 0 Å². The molecule has 180 valence electrons. The molecule has 6 unspecified atom stereocenters. The van der Waals surface area contributed by atoms with Crippen LogP contribution in [0, 0.1) is 12.8 Å². The summed E-state index contributed by atoms with van der Waals surface area (Å²) in [7, 11) is 0. The molecule has 1 aromatic carbocycles. The molecule has 0 amide bonds. The average Bonchev–Trinajstić information content (AvgIpc) is 3.29. The van der Waals surface area contributed by atoms with E-state index in [1.807, 2.05) is 37.3 Å². The van der Waals surface area contributed by atoms with E-state index in [1.165, 1.54) is 0 Å². The first-order valence-corrected chi connectivity index (χ1v) is 12.7. The van der Waals surface area contributed by atoms with Crippen molar-refractivity contribution in [2.24, 2.45) is 11.7 Å². The number of likely N-dealkylation sites (tertiary alicyclic amines) is 1. The Labute approximate surface area is 200 Å². The molecule has 0 bridgehead atoms. The number of aliphatic hydroxyl groups excluding tert-OH is 1. The molecule has 6 atom stereocenters. The van der Waals surface area contributed by atoms with Crippen molar-refractivity contribution in [3.8, 4) is 0 Å². The Morgan fingerprint density at radius 1 is 1.12 bits per heavy atom. The Bertz CT molecular complexity index is 812. The van der Waals surface area contributed by atoms with Crippen LogP contribution in [0.2, 0.25) is 0 Å². The number of thiol groups is 1. The highest BCUT2D eigenvalue weighted by atomic mass is 32.1. The first-order chi connectivity index (χ1) is 15.2. The third-order valence-electron chi connectivity index (χ3n) is 6.86. The Morgan fingerprint density at radius 3 is 2.34 bits per heavy atom. The van der Waals surface area contributed by atoms with Gasteiger partial charge in [0.2, 0.25) is 0 Å². The van der Waals surface area contributed by atoms with Gasteiger partial charge in [0.15, 0.2) is 0 Å². The molecule has 3 N–H and O–H groups in total. The summed E-state index contributed by atoms with van der Waals surface area (Å²) in [5, 5.41) is 19.9. The van der Waals surface area contributed by atoms with Gasteiger partial charge in [-0.05, 0) is 51.3 Å². The summed E-state index contributed by atoms with van der Waals surface area (Å²) >= 11 is 3.53. The summed E-state index contributed by atoms with van der Waals surface area (Å²) in [5.74, 6) is 2.87. The van der Waals surface area contributed by atoms with E-state index >= 15 is 0 Å².